The van der Waals surface area contributed by atoms with Gasteiger partial charge in [0, 0.05) is 18.1 Å². The molecule has 4 amide bonds. The zero-order chi connectivity index (χ0) is 42.9. The molecule has 3 aromatic carbocycles. The molecule has 0 radical (unpaired) electrons. The van der Waals surface area contributed by atoms with Crippen molar-refractivity contribution in [3.63, 3.8) is 0 Å². The van der Waals surface area contributed by atoms with Crippen molar-refractivity contribution in [3.05, 3.63) is 72.4 Å². The summed E-state index contributed by atoms with van der Waals surface area (Å²) in [6.07, 6.45) is 4.40. The summed E-state index contributed by atoms with van der Waals surface area (Å²) in [5, 5.41) is 7.63. The number of ether oxygens (including phenoxy) is 2. The molecular formula is C45H58N8O6Si. The van der Waals surface area contributed by atoms with E-state index in [9.17, 15) is 19.2 Å². The number of benzene rings is 3. The fraction of sp³-hybridized carbons (Fsp3) is 0.467. The summed E-state index contributed by atoms with van der Waals surface area (Å²) in [5.74, 6) is 1.16. The number of imidazole rings is 2. The number of likely N-dealkylation sites (tertiary alicyclic amines) is 1. The Hall–Kier alpha value is -5.70. The Morgan fingerprint density at radius 3 is 2.05 bits per heavy atom. The summed E-state index contributed by atoms with van der Waals surface area (Å²) < 4.78 is 9.69. The summed E-state index contributed by atoms with van der Waals surface area (Å²) in [5.41, 5.74) is 5.75. The number of nitrogens with zero attached hydrogens (tertiary/aromatic N) is 4. The number of H-pyrrole nitrogens is 2. The zero-order valence-corrected chi connectivity index (χ0v) is 36.9. The van der Waals surface area contributed by atoms with Crippen LogP contribution in [0.5, 0.6) is 0 Å². The standard InChI is InChI=1S/C45H58N8O6Si/c1-9-26(3)37(50-44(56)58-5)42(54)52-21-11-12-35(52)41-47-33-20-18-31-22-30(17-19-32(31)39(33)49-41)28-13-15-29(16-14-28)34-23-46-40(48-34)36-24-60(7,8)25-53(36)43(55)38(27(4)10-2)51-45(57)59-6/h13-20,22-23,26-27,35-38H,9-12,21,24-25H2,1-8H3,(H,46,48)(H,47,49)(H,50,56)(H,51,57)/t26-,27+,35+,36-,37-,38-/m0/s1. The number of rotatable bonds is 12. The molecule has 0 bridgehead atoms. The molecule has 7 rings (SSSR count). The Bertz CT molecular complexity index is 2380. The topological polar surface area (TPSA) is 175 Å². The van der Waals surface area contributed by atoms with Gasteiger partial charge in [0.2, 0.25) is 11.8 Å². The Morgan fingerprint density at radius 1 is 0.800 bits per heavy atom. The van der Waals surface area contributed by atoms with Crippen LogP contribution in [0.25, 0.3) is 44.2 Å². The Labute approximate surface area is 352 Å². The van der Waals surface area contributed by atoms with Gasteiger partial charge in [-0.05, 0) is 64.9 Å². The quantitative estimate of drug-likeness (QED) is 0.0913. The molecule has 14 nitrogen and oxygen atoms in total. The van der Waals surface area contributed by atoms with Gasteiger partial charge in [-0.1, -0.05) is 96.1 Å². The maximum Gasteiger partial charge on any atom is 0.407 e. The van der Waals surface area contributed by atoms with Gasteiger partial charge in [0.25, 0.3) is 0 Å². The van der Waals surface area contributed by atoms with Crippen LogP contribution >= 0.6 is 0 Å². The zero-order valence-electron chi connectivity index (χ0n) is 35.9. The summed E-state index contributed by atoms with van der Waals surface area (Å²) in [6, 6.07) is 18.0. The van der Waals surface area contributed by atoms with Crippen LogP contribution in [0.1, 0.15) is 77.1 Å². The Kier molecular flexibility index (Phi) is 12.4. The number of hydrogen-bond acceptors (Lipinski definition) is 8. The molecule has 2 fully saturated rings. The van der Waals surface area contributed by atoms with Crippen LogP contribution in [0.3, 0.4) is 0 Å². The van der Waals surface area contributed by atoms with Crippen molar-refractivity contribution in [3.8, 4) is 22.4 Å². The summed E-state index contributed by atoms with van der Waals surface area (Å²) in [6.45, 7) is 13.1. The predicted molar refractivity (Wildman–Crippen MR) is 235 cm³/mol. The third-order valence-electron chi connectivity index (χ3n) is 12.7. The van der Waals surface area contributed by atoms with Crippen LogP contribution in [0.2, 0.25) is 19.1 Å². The molecule has 0 unspecified atom stereocenters. The molecule has 2 aliphatic rings. The van der Waals surface area contributed by atoms with E-state index in [2.05, 4.69) is 82.2 Å². The van der Waals surface area contributed by atoms with Crippen molar-refractivity contribution < 1.29 is 28.7 Å². The van der Waals surface area contributed by atoms with Crippen molar-refractivity contribution >= 4 is 53.9 Å². The monoisotopic (exact) mass is 834 g/mol. The van der Waals surface area contributed by atoms with E-state index in [4.69, 9.17) is 19.4 Å². The number of carbonyl (C=O) groups excluding carboxylic acids is 4. The van der Waals surface area contributed by atoms with Gasteiger partial charge < -0.3 is 39.9 Å². The van der Waals surface area contributed by atoms with Gasteiger partial charge in [-0.25, -0.2) is 19.6 Å². The molecule has 0 spiro atoms. The van der Waals surface area contributed by atoms with E-state index in [0.717, 1.165) is 87.6 Å². The lowest BCUT2D eigenvalue weighted by Gasteiger charge is -2.31. The lowest BCUT2D eigenvalue weighted by atomic mass is 9.97. The van der Waals surface area contributed by atoms with E-state index in [1.807, 2.05) is 49.8 Å². The molecule has 60 heavy (non-hydrogen) atoms. The first-order chi connectivity index (χ1) is 28.7. The summed E-state index contributed by atoms with van der Waals surface area (Å²) in [7, 11) is 0.854. The van der Waals surface area contributed by atoms with E-state index in [0.29, 0.717) is 12.7 Å². The van der Waals surface area contributed by atoms with Gasteiger partial charge >= 0.3 is 12.2 Å². The van der Waals surface area contributed by atoms with Crippen LogP contribution in [-0.4, -0.2) is 101 Å². The van der Waals surface area contributed by atoms with Gasteiger partial charge in [-0.2, -0.15) is 0 Å². The third-order valence-corrected chi connectivity index (χ3v) is 15.3. The summed E-state index contributed by atoms with van der Waals surface area (Å²) >= 11 is 0. The first-order valence-electron chi connectivity index (χ1n) is 21.1. The van der Waals surface area contributed by atoms with Gasteiger partial charge in [0.15, 0.2) is 0 Å². The van der Waals surface area contributed by atoms with Gasteiger partial charge in [-0.15, -0.1) is 0 Å². The molecule has 4 heterocycles. The van der Waals surface area contributed by atoms with E-state index >= 15 is 0 Å². The highest BCUT2D eigenvalue weighted by atomic mass is 28.3. The van der Waals surface area contributed by atoms with Crippen molar-refractivity contribution in [1.29, 1.82) is 0 Å². The molecule has 15 heteroatoms. The van der Waals surface area contributed by atoms with E-state index in [1.54, 1.807) is 0 Å². The van der Waals surface area contributed by atoms with Crippen molar-refractivity contribution in [2.45, 2.75) is 96.7 Å². The number of amides is 4. The number of nitrogens with one attached hydrogen (secondary N) is 4. The number of alkyl carbamates (subject to hydrolysis) is 2. The fourth-order valence-electron chi connectivity index (χ4n) is 8.81. The van der Waals surface area contributed by atoms with Gasteiger partial charge in [0.1, 0.15) is 23.7 Å². The van der Waals surface area contributed by atoms with Crippen LogP contribution in [-0.2, 0) is 19.1 Å². The summed E-state index contributed by atoms with van der Waals surface area (Å²) in [4.78, 5) is 73.0. The fourth-order valence-corrected chi connectivity index (χ4v) is 11.7. The molecule has 318 valence electrons. The second-order valence-corrected chi connectivity index (χ2v) is 22.4. The highest BCUT2D eigenvalue weighted by Gasteiger charge is 2.46. The number of carbonyl (C=O) groups is 4. The lowest BCUT2D eigenvalue weighted by Crippen LogP contribution is -2.52. The molecule has 6 atom stereocenters. The van der Waals surface area contributed by atoms with Crippen molar-refractivity contribution in [2.75, 3.05) is 26.9 Å². The maximum atomic E-state index is 14.0. The smallest absolute Gasteiger partial charge is 0.407 e. The van der Waals surface area contributed by atoms with Crippen LogP contribution < -0.4 is 10.6 Å². The number of fused-ring (bicyclic) bond motifs is 3. The van der Waals surface area contributed by atoms with Crippen LogP contribution in [0.15, 0.2) is 60.8 Å². The average Bonchev–Trinajstić information content (AvgIpc) is 4.09. The van der Waals surface area contributed by atoms with E-state index in [1.165, 1.54) is 14.2 Å². The van der Waals surface area contributed by atoms with Gasteiger partial charge in [0.05, 0.1) is 57.3 Å². The molecule has 4 N–H and O–H groups in total. The van der Waals surface area contributed by atoms with Crippen LogP contribution in [0.4, 0.5) is 9.59 Å². The minimum atomic E-state index is -1.76. The minimum absolute atomic E-state index is 0.0606. The maximum absolute atomic E-state index is 14.0. The number of hydrogen-bond donors (Lipinski definition) is 4. The molecule has 2 aliphatic heterocycles. The first-order valence-corrected chi connectivity index (χ1v) is 24.5. The van der Waals surface area contributed by atoms with Gasteiger partial charge in [-0.3, -0.25) is 9.59 Å². The minimum Gasteiger partial charge on any atom is -0.453 e. The molecule has 0 aliphatic carbocycles. The number of aromatic nitrogens is 4. The van der Waals surface area contributed by atoms with Crippen LogP contribution in [0, 0.1) is 11.8 Å². The highest BCUT2D eigenvalue weighted by Crippen LogP contribution is 2.39. The molecule has 2 saturated heterocycles. The van der Waals surface area contributed by atoms with E-state index in [-0.39, 0.29) is 35.7 Å². The molecule has 2 aromatic heterocycles. The SMILES string of the molecule is CC[C@@H](C)[C@H](NC(=O)OC)C(=O)N1C[Si](C)(C)C[C@H]1c1ncc(-c2ccc(-c3ccc4c(ccc5[nH]c([C@H]6CCCN6C(=O)[C@@H](NC(=O)OC)[C@@H](C)CC)nc54)c3)cc2)[nH]1. The van der Waals surface area contributed by atoms with Crippen molar-refractivity contribution in [1.82, 2.24) is 40.4 Å². The van der Waals surface area contributed by atoms with E-state index < -0.39 is 32.3 Å². The average molecular weight is 835 g/mol. The van der Waals surface area contributed by atoms with Crippen molar-refractivity contribution in [2.24, 2.45) is 11.8 Å². The largest absolute Gasteiger partial charge is 0.453 e. The predicted octanol–water partition coefficient (Wildman–Crippen LogP) is 8.11. The molecular weight excluding hydrogens is 777 g/mol. The number of methoxy groups -OCH3 is 2. The second-order valence-electron chi connectivity index (χ2n) is 17.3. The normalized spacial score (nSPS) is 19.5. The molecule has 0 saturated carbocycles. The third kappa shape index (κ3) is 8.49. The lowest BCUT2D eigenvalue weighted by molar-refractivity contribution is -0.136. The highest BCUT2D eigenvalue weighted by molar-refractivity contribution is 6.78. The molecule has 5 aromatic rings. The second kappa shape index (κ2) is 17.5. The Balaban J connectivity index is 1.09. The Morgan fingerprint density at radius 2 is 1.42 bits per heavy atom. The first kappa shape index (κ1) is 42.4. The number of aromatic amines is 2.